The minimum atomic E-state index is -0.0186. The molecule has 2 atom stereocenters. The first-order valence-corrected chi connectivity index (χ1v) is 8.66. The van der Waals surface area contributed by atoms with Gasteiger partial charge in [0, 0.05) is 6.54 Å². The Hall–Kier alpha value is -2.21. The quantitative estimate of drug-likeness (QED) is 0.850. The fourth-order valence-corrected chi connectivity index (χ4v) is 3.74. The molecule has 0 bridgehead atoms. The highest BCUT2D eigenvalue weighted by Gasteiger charge is 2.38. The van der Waals surface area contributed by atoms with Crippen molar-refractivity contribution in [3.05, 3.63) is 41.7 Å². The summed E-state index contributed by atoms with van der Waals surface area (Å²) in [5, 5.41) is 8.89. The number of aryl methyl sites for hydroxylation is 1. The number of fused-ring (bicyclic) bond motifs is 1. The summed E-state index contributed by atoms with van der Waals surface area (Å²) in [5.41, 5.74) is 1.98. The third-order valence-corrected chi connectivity index (χ3v) is 4.96. The highest BCUT2D eigenvalue weighted by atomic mass is 16.5. The maximum absolute atomic E-state index is 13.1. The Bertz CT molecular complexity index is 726. The van der Waals surface area contributed by atoms with Gasteiger partial charge in [0.15, 0.2) is 5.69 Å². The summed E-state index contributed by atoms with van der Waals surface area (Å²) >= 11 is 0. The number of benzene rings is 1. The molecule has 1 amide bonds. The summed E-state index contributed by atoms with van der Waals surface area (Å²) < 4.78 is 5.87. The topological polar surface area (TPSA) is 60.2 Å². The van der Waals surface area contributed by atoms with E-state index in [2.05, 4.69) is 10.2 Å². The van der Waals surface area contributed by atoms with E-state index in [4.69, 9.17) is 4.74 Å². The molecule has 1 aromatic carbocycles. The van der Waals surface area contributed by atoms with Crippen LogP contribution in [0, 0.1) is 6.92 Å². The van der Waals surface area contributed by atoms with Gasteiger partial charge in [-0.25, -0.2) is 0 Å². The van der Waals surface area contributed by atoms with E-state index in [1.165, 1.54) is 6.42 Å². The number of amides is 1. The first-order valence-electron chi connectivity index (χ1n) is 8.66. The van der Waals surface area contributed by atoms with E-state index < -0.39 is 0 Å². The van der Waals surface area contributed by atoms with Gasteiger partial charge in [-0.2, -0.15) is 9.90 Å². The first-order chi connectivity index (χ1) is 11.7. The number of aromatic nitrogens is 3. The zero-order valence-electron chi connectivity index (χ0n) is 13.9. The van der Waals surface area contributed by atoms with Crippen LogP contribution < -0.4 is 0 Å². The maximum Gasteiger partial charge on any atom is 0.276 e. The van der Waals surface area contributed by atoms with Crippen LogP contribution in [0.15, 0.2) is 30.3 Å². The van der Waals surface area contributed by atoms with Crippen LogP contribution >= 0.6 is 0 Å². The van der Waals surface area contributed by atoms with Crippen molar-refractivity contribution >= 4 is 5.91 Å². The number of hydrogen-bond acceptors (Lipinski definition) is 4. The molecule has 1 aliphatic heterocycles. The third-order valence-electron chi connectivity index (χ3n) is 4.96. The molecule has 0 radical (unpaired) electrons. The molecule has 0 N–H and O–H groups in total. The average Bonchev–Trinajstić information content (AvgIpc) is 3.03. The monoisotopic (exact) mass is 326 g/mol. The van der Waals surface area contributed by atoms with E-state index in [1.54, 1.807) is 4.80 Å². The lowest BCUT2D eigenvalue weighted by Gasteiger charge is -2.43. The number of rotatable bonds is 2. The number of morpholine rings is 1. The summed E-state index contributed by atoms with van der Waals surface area (Å²) in [6.45, 7) is 3.09. The Kier molecular flexibility index (Phi) is 4.06. The van der Waals surface area contributed by atoms with Gasteiger partial charge in [-0.15, -0.1) is 5.10 Å². The molecule has 6 nitrogen and oxygen atoms in total. The van der Waals surface area contributed by atoms with Crippen molar-refractivity contribution in [2.45, 2.75) is 44.8 Å². The van der Waals surface area contributed by atoms with Gasteiger partial charge in [-0.3, -0.25) is 4.79 Å². The fourth-order valence-electron chi connectivity index (χ4n) is 3.74. The van der Waals surface area contributed by atoms with Crippen LogP contribution in [0.5, 0.6) is 0 Å². The molecule has 1 saturated heterocycles. The van der Waals surface area contributed by atoms with Gasteiger partial charge in [0.2, 0.25) is 0 Å². The highest BCUT2D eigenvalue weighted by molar-refractivity contribution is 5.93. The molecule has 1 saturated carbocycles. The van der Waals surface area contributed by atoms with Crippen LogP contribution in [0.3, 0.4) is 0 Å². The van der Waals surface area contributed by atoms with Crippen molar-refractivity contribution in [3.63, 3.8) is 0 Å². The second-order valence-corrected chi connectivity index (χ2v) is 6.52. The second kappa shape index (κ2) is 6.36. The number of nitrogens with zero attached hydrogens (tertiary/aromatic N) is 4. The van der Waals surface area contributed by atoms with Gasteiger partial charge >= 0.3 is 0 Å². The normalized spacial score (nSPS) is 23.8. The smallest absolute Gasteiger partial charge is 0.276 e. The number of ether oxygens (including phenoxy) is 1. The van der Waals surface area contributed by atoms with Crippen LogP contribution in [0.25, 0.3) is 5.69 Å². The second-order valence-electron chi connectivity index (χ2n) is 6.52. The van der Waals surface area contributed by atoms with Crippen LogP contribution in [-0.4, -0.2) is 51.1 Å². The zero-order chi connectivity index (χ0) is 16.5. The van der Waals surface area contributed by atoms with Crippen molar-refractivity contribution in [2.24, 2.45) is 0 Å². The Labute approximate surface area is 141 Å². The molecule has 2 fully saturated rings. The summed E-state index contributed by atoms with van der Waals surface area (Å²) in [6, 6.07) is 9.86. The maximum atomic E-state index is 13.1. The Morgan fingerprint density at radius 2 is 1.96 bits per heavy atom. The molecule has 24 heavy (non-hydrogen) atoms. The zero-order valence-corrected chi connectivity index (χ0v) is 13.9. The van der Waals surface area contributed by atoms with Crippen molar-refractivity contribution < 1.29 is 9.53 Å². The molecular formula is C18H22N4O2. The van der Waals surface area contributed by atoms with Crippen molar-refractivity contribution in [3.8, 4) is 5.69 Å². The van der Waals surface area contributed by atoms with Gasteiger partial charge in [-0.05, 0) is 31.9 Å². The number of hydrogen-bond donors (Lipinski definition) is 0. The number of para-hydroxylation sites is 1. The summed E-state index contributed by atoms with van der Waals surface area (Å²) in [4.78, 5) is 16.6. The van der Waals surface area contributed by atoms with Gasteiger partial charge in [0.1, 0.15) is 0 Å². The van der Waals surface area contributed by atoms with Crippen LogP contribution in [0.4, 0.5) is 0 Å². The predicted molar refractivity (Wildman–Crippen MR) is 89.1 cm³/mol. The van der Waals surface area contributed by atoms with E-state index in [1.807, 2.05) is 42.2 Å². The van der Waals surface area contributed by atoms with Crippen LogP contribution in [0.1, 0.15) is 41.9 Å². The SMILES string of the molecule is Cc1nn(-c2ccccc2)nc1C(=O)N1CCOC2CCCCC21. The molecule has 2 unspecified atom stereocenters. The molecule has 2 aromatic rings. The largest absolute Gasteiger partial charge is 0.374 e. The van der Waals surface area contributed by atoms with Gasteiger partial charge in [-0.1, -0.05) is 31.0 Å². The highest BCUT2D eigenvalue weighted by Crippen LogP contribution is 2.29. The van der Waals surface area contributed by atoms with Crippen molar-refractivity contribution in [2.75, 3.05) is 13.2 Å². The molecule has 1 aromatic heterocycles. The third kappa shape index (κ3) is 2.71. The summed E-state index contributed by atoms with van der Waals surface area (Å²) in [7, 11) is 0. The molecule has 1 aliphatic carbocycles. The minimum Gasteiger partial charge on any atom is -0.374 e. The van der Waals surface area contributed by atoms with E-state index >= 15 is 0 Å². The van der Waals surface area contributed by atoms with Gasteiger partial charge in [0.25, 0.3) is 5.91 Å². The van der Waals surface area contributed by atoms with Crippen LogP contribution in [0.2, 0.25) is 0 Å². The number of carbonyl (C=O) groups is 1. The van der Waals surface area contributed by atoms with Crippen molar-refractivity contribution in [1.82, 2.24) is 19.9 Å². The molecule has 2 aliphatic rings. The first kappa shape index (κ1) is 15.3. The Balaban J connectivity index is 1.61. The molecule has 126 valence electrons. The van der Waals surface area contributed by atoms with E-state index in [-0.39, 0.29) is 18.1 Å². The molecule has 0 spiro atoms. The van der Waals surface area contributed by atoms with E-state index in [0.717, 1.165) is 24.9 Å². The average molecular weight is 326 g/mol. The lowest BCUT2D eigenvalue weighted by molar-refractivity contribution is -0.0754. The Morgan fingerprint density at radius 1 is 1.17 bits per heavy atom. The molecule has 4 rings (SSSR count). The fraction of sp³-hybridized carbons (Fsp3) is 0.500. The molecule has 6 heteroatoms. The van der Waals surface area contributed by atoms with E-state index in [0.29, 0.717) is 24.5 Å². The van der Waals surface area contributed by atoms with Crippen molar-refractivity contribution in [1.29, 1.82) is 0 Å². The number of carbonyl (C=O) groups excluding carboxylic acids is 1. The standard InChI is InChI=1S/C18H22N4O2/c1-13-17(20-22(19-13)14-7-3-2-4-8-14)18(23)21-11-12-24-16-10-6-5-9-15(16)21/h2-4,7-8,15-16H,5-6,9-12H2,1H3. The molecule has 2 heterocycles. The summed E-state index contributed by atoms with van der Waals surface area (Å²) in [5.74, 6) is -0.0186. The summed E-state index contributed by atoms with van der Waals surface area (Å²) in [6.07, 6.45) is 4.59. The lowest BCUT2D eigenvalue weighted by atomic mass is 9.90. The lowest BCUT2D eigenvalue weighted by Crippen LogP contribution is -2.55. The predicted octanol–water partition coefficient (Wildman–Crippen LogP) is 2.36. The molecular weight excluding hydrogens is 304 g/mol. The van der Waals surface area contributed by atoms with E-state index in [9.17, 15) is 4.79 Å². The van der Waals surface area contributed by atoms with Crippen LogP contribution in [-0.2, 0) is 4.74 Å². The Morgan fingerprint density at radius 3 is 2.79 bits per heavy atom. The van der Waals surface area contributed by atoms with Gasteiger partial charge in [0.05, 0.1) is 30.1 Å². The van der Waals surface area contributed by atoms with Gasteiger partial charge < -0.3 is 9.64 Å². The minimum absolute atomic E-state index is 0.0186.